The zero-order valence-electron chi connectivity index (χ0n) is 15.3. The SMILES string of the molecule is Cc1ccc(-c2nc3sc(C)cn3c2/C=C2/C(=O)Nc3ccc(Cl)cc32)cc1. The highest BCUT2D eigenvalue weighted by atomic mass is 35.5. The van der Waals surface area contributed by atoms with Crippen molar-refractivity contribution in [1.82, 2.24) is 9.38 Å². The zero-order valence-corrected chi connectivity index (χ0v) is 16.9. The highest BCUT2D eigenvalue weighted by molar-refractivity contribution is 7.17. The van der Waals surface area contributed by atoms with Crippen molar-refractivity contribution >= 4 is 51.1 Å². The number of imidazole rings is 1. The Morgan fingerprint density at radius 3 is 2.71 bits per heavy atom. The molecule has 6 heteroatoms. The average Bonchev–Trinajstić information content (AvgIpc) is 3.28. The largest absolute Gasteiger partial charge is 0.321 e. The number of halogens is 1. The van der Waals surface area contributed by atoms with Gasteiger partial charge in [0.15, 0.2) is 4.96 Å². The van der Waals surface area contributed by atoms with Crippen LogP contribution in [0.4, 0.5) is 5.69 Å². The van der Waals surface area contributed by atoms with E-state index in [4.69, 9.17) is 16.6 Å². The van der Waals surface area contributed by atoms with E-state index in [9.17, 15) is 4.79 Å². The molecule has 0 spiro atoms. The lowest BCUT2D eigenvalue weighted by Crippen LogP contribution is -2.04. The Kier molecular flexibility index (Phi) is 3.89. The molecule has 0 atom stereocenters. The molecule has 0 fully saturated rings. The number of thiazole rings is 1. The van der Waals surface area contributed by atoms with Crippen LogP contribution in [-0.2, 0) is 4.79 Å². The van der Waals surface area contributed by atoms with E-state index in [1.54, 1.807) is 17.4 Å². The molecule has 2 aromatic heterocycles. The van der Waals surface area contributed by atoms with Gasteiger partial charge in [0.25, 0.3) is 5.91 Å². The Hall–Kier alpha value is -2.89. The summed E-state index contributed by atoms with van der Waals surface area (Å²) in [5.74, 6) is -0.131. The first-order chi connectivity index (χ1) is 13.5. The molecule has 4 nitrogen and oxygen atoms in total. The van der Waals surface area contributed by atoms with Crippen LogP contribution in [0.3, 0.4) is 0 Å². The van der Waals surface area contributed by atoms with E-state index in [0.717, 1.165) is 38.0 Å². The van der Waals surface area contributed by atoms with E-state index in [0.29, 0.717) is 10.6 Å². The van der Waals surface area contributed by atoms with Crippen LogP contribution in [0.25, 0.3) is 27.9 Å². The number of hydrogen-bond acceptors (Lipinski definition) is 3. The highest BCUT2D eigenvalue weighted by Crippen LogP contribution is 2.37. The number of fused-ring (bicyclic) bond motifs is 2. The van der Waals surface area contributed by atoms with Crippen LogP contribution >= 0.6 is 22.9 Å². The summed E-state index contributed by atoms with van der Waals surface area (Å²) in [4.78, 5) is 19.6. The number of anilines is 1. The zero-order chi connectivity index (χ0) is 19.4. The predicted octanol–water partition coefficient (Wildman–Crippen LogP) is 5.83. The Morgan fingerprint density at radius 1 is 1.14 bits per heavy atom. The normalized spacial score (nSPS) is 14.7. The van der Waals surface area contributed by atoms with Gasteiger partial charge in [-0.25, -0.2) is 4.98 Å². The fourth-order valence-electron chi connectivity index (χ4n) is 3.47. The van der Waals surface area contributed by atoms with Crippen LogP contribution in [0.1, 0.15) is 21.7 Å². The summed E-state index contributed by atoms with van der Waals surface area (Å²) in [6.45, 7) is 4.12. The van der Waals surface area contributed by atoms with Crippen LogP contribution in [0, 0.1) is 13.8 Å². The molecule has 1 aliphatic rings. The Bertz CT molecular complexity index is 1280. The number of aryl methyl sites for hydroxylation is 2. The molecular formula is C22H16ClN3OS. The maximum Gasteiger partial charge on any atom is 0.256 e. The van der Waals surface area contributed by atoms with Crippen molar-refractivity contribution in [2.24, 2.45) is 0 Å². The van der Waals surface area contributed by atoms with Crippen LogP contribution in [-0.4, -0.2) is 15.3 Å². The lowest BCUT2D eigenvalue weighted by atomic mass is 10.0. The van der Waals surface area contributed by atoms with Gasteiger partial charge in [-0.1, -0.05) is 41.4 Å². The molecule has 0 bridgehead atoms. The number of rotatable bonds is 2. The van der Waals surface area contributed by atoms with Crippen molar-refractivity contribution in [3.63, 3.8) is 0 Å². The van der Waals surface area contributed by atoms with Crippen molar-refractivity contribution in [3.8, 4) is 11.3 Å². The van der Waals surface area contributed by atoms with Crippen molar-refractivity contribution < 1.29 is 4.79 Å². The maximum absolute atomic E-state index is 12.7. The van der Waals surface area contributed by atoms with Gasteiger partial charge >= 0.3 is 0 Å². The van der Waals surface area contributed by atoms with Gasteiger partial charge < -0.3 is 5.32 Å². The monoisotopic (exact) mass is 405 g/mol. The molecule has 0 unspecified atom stereocenters. The molecule has 138 valence electrons. The number of carbonyl (C=O) groups excluding carboxylic acids is 1. The third-order valence-corrected chi connectivity index (χ3v) is 5.98. The van der Waals surface area contributed by atoms with Gasteiger partial charge in [-0.15, -0.1) is 11.3 Å². The second kappa shape index (κ2) is 6.33. The van der Waals surface area contributed by atoms with Crippen molar-refractivity contribution in [2.45, 2.75) is 13.8 Å². The van der Waals surface area contributed by atoms with E-state index in [2.05, 4.69) is 54.0 Å². The lowest BCUT2D eigenvalue weighted by Gasteiger charge is -2.03. The number of nitrogens with one attached hydrogen (secondary N) is 1. The summed E-state index contributed by atoms with van der Waals surface area (Å²) >= 11 is 7.81. The van der Waals surface area contributed by atoms with Gasteiger partial charge in [0, 0.05) is 32.9 Å². The topological polar surface area (TPSA) is 46.4 Å². The summed E-state index contributed by atoms with van der Waals surface area (Å²) in [5.41, 5.74) is 6.16. The average molecular weight is 406 g/mol. The van der Waals surface area contributed by atoms with Gasteiger partial charge in [-0.2, -0.15) is 0 Å². The predicted molar refractivity (Wildman–Crippen MR) is 116 cm³/mol. The maximum atomic E-state index is 12.7. The Balaban J connectivity index is 1.76. The van der Waals surface area contributed by atoms with Gasteiger partial charge in [0.05, 0.1) is 17.0 Å². The number of aromatic nitrogens is 2. The van der Waals surface area contributed by atoms with Crippen LogP contribution < -0.4 is 5.32 Å². The Morgan fingerprint density at radius 2 is 1.93 bits per heavy atom. The van der Waals surface area contributed by atoms with Gasteiger partial charge in [-0.3, -0.25) is 9.20 Å². The summed E-state index contributed by atoms with van der Waals surface area (Å²) in [5, 5.41) is 3.52. The molecule has 0 saturated heterocycles. The second-order valence-corrected chi connectivity index (χ2v) is 8.56. The minimum atomic E-state index is -0.131. The smallest absolute Gasteiger partial charge is 0.256 e. The Labute approximate surface area is 171 Å². The van der Waals surface area contributed by atoms with Crippen molar-refractivity contribution in [3.05, 3.63) is 75.4 Å². The van der Waals surface area contributed by atoms with Crippen molar-refractivity contribution in [2.75, 3.05) is 5.32 Å². The number of nitrogens with zero attached hydrogens (tertiary/aromatic N) is 2. The van der Waals surface area contributed by atoms with Gasteiger partial charge in [0.1, 0.15) is 0 Å². The summed E-state index contributed by atoms with van der Waals surface area (Å²) in [7, 11) is 0. The van der Waals surface area contributed by atoms with Crippen molar-refractivity contribution in [1.29, 1.82) is 0 Å². The minimum absolute atomic E-state index is 0.131. The summed E-state index contributed by atoms with van der Waals surface area (Å²) in [6, 6.07) is 13.7. The molecule has 4 aromatic rings. The number of hydrogen-bond donors (Lipinski definition) is 1. The third kappa shape index (κ3) is 2.75. The standard InChI is InChI=1S/C22H16ClN3OS/c1-12-3-5-14(6-4-12)20-19(26-11-13(2)28-22(26)25-20)10-17-16-9-15(23)7-8-18(16)24-21(17)27/h3-11H,1-2H3,(H,24,27)/b17-10+. The summed E-state index contributed by atoms with van der Waals surface area (Å²) in [6.07, 6.45) is 3.97. The molecule has 0 saturated carbocycles. The molecule has 1 N–H and O–H groups in total. The van der Waals surface area contributed by atoms with E-state index in [1.165, 1.54) is 5.56 Å². The molecule has 0 radical (unpaired) electrons. The molecule has 2 aromatic carbocycles. The summed E-state index contributed by atoms with van der Waals surface area (Å²) < 4.78 is 2.05. The first-order valence-electron chi connectivity index (χ1n) is 8.88. The molecule has 28 heavy (non-hydrogen) atoms. The number of amides is 1. The quantitative estimate of drug-likeness (QED) is 0.427. The molecule has 1 amide bonds. The van der Waals surface area contributed by atoms with E-state index in [1.807, 2.05) is 18.2 Å². The third-order valence-electron chi connectivity index (χ3n) is 4.85. The van der Waals surface area contributed by atoms with Gasteiger partial charge in [-0.05, 0) is 38.1 Å². The number of benzene rings is 2. The van der Waals surface area contributed by atoms with E-state index < -0.39 is 0 Å². The lowest BCUT2D eigenvalue weighted by molar-refractivity contribution is -0.110. The first-order valence-corrected chi connectivity index (χ1v) is 10.1. The van der Waals surface area contributed by atoms with Crippen LogP contribution in [0.5, 0.6) is 0 Å². The molecule has 0 aliphatic carbocycles. The highest BCUT2D eigenvalue weighted by Gasteiger charge is 2.26. The number of carbonyl (C=O) groups is 1. The fourth-order valence-corrected chi connectivity index (χ4v) is 4.48. The molecular weight excluding hydrogens is 390 g/mol. The molecule has 3 heterocycles. The van der Waals surface area contributed by atoms with E-state index in [-0.39, 0.29) is 5.91 Å². The van der Waals surface area contributed by atoms with E-state index >= 15 is 0 Å². The van der Waals surface area contributed by atoms with Gasteiger partial charge in [0.2, 0.25) is 0 Å². The molecule has 5 rings (SSSR count). The minimum Gasteiger partial charge on any atom is -0.321 e. The second-order valence-electron chi connectivity index (χ2n) is 6.91. The van der Waals surface area contributed by atoms with Crippen LogP contribution in [0.2, 0.25) is 5.02 Å². The fraction of sp³-hybridized carbons (Fsp3) is 0.0909. The first kappa shape index (κ1) is 17.2. The molecule has 1 aliphatic heterocycles. The van der Waals surface area contributed by atoms with Crippen LogP contribution in [0.15, 0.2) is 48.7 Å².